The summed E-state index contributed by atoms with van der Waals surface area (Å²) in [6, 6.07) is 5.51. The van der Waals surface area contributed by atoms with Crippen LogP contribution in [0.3, 0.4) is 0 Å². The summed E-state index contributed by atoms with van der Waals surface area (Å²) in [5.41, 5.74) is 0.693. The standard InChI is InChI=1S/C34H56O3P2Si2/c1-21-31(4)34(38,29(2)20-30(3,36-31)37-32(21,5)35-29)25-15-27(40(6,7)8)28(41(9,10)11)16-26(25)39-33-17-22-12-23(18-33)14-24(13-22)19-33/h15-16,21-24,39H,12-14,17-20,38H2,1-11H3. The molecule has 4 heterocycles. The van der Waals surface area contributed by atoms with Crippen LogP contribution >= 0.6 is 17.8 Å². The van der Waals surface area contributed by atoms with Gasteiger partial charge >= 0.3 is 0 Å². The molecule has 8 fully saturated rings. The van der Waals surface area contributed by atoms with E-state index < -0.39 is 38.9 Å². The van der Waals surface area contributed by atoms with Gasteiger partial charge in [-0.15, -0.1) is 9.24 Å². The second-order valence-electron chi connectivity index (χ2n) is 18.3. The van der Waals surface area contributed by atoms with Crippen LogP contribution in [0.25, 0.3) is 0 Å². The fourth-order valence-electron chi connectivity index (χ4n) is 11.4. The molecule has 4 aliphatic heterocycles. The average Bonchev–Trinajstić information content (AvgIpc) is 2.77. The molecule has 8 bridgehead atoms. The Kier molecular flexibility index (Phi) is 6.30. The normalized spacial score (nSPS) is 50.4. The van der Waals surface area contributed by atoms with Crippen molar-refractivity contribution in [3.63, 3.8) is 0 Å². The zero-order valence-electron chi connectivity index (χ0n) is 27.7. The summed E-state index contributed by atoms with van der Waals surface area (Å²) in [5, 5.41) is 5.18. The summed E-state index contributed by atoms with van der Waals surface area (Å²) < 4.78 is 21.0. The molecule has 0 amide bonds. The van der Waals surface area contributed by atoms with Crippen LogP contribution in [-0.4, -0.2) is 44.1 Å². The summed E-state index contributed by atoms with van der Waals surface area (Å²) in [7, 11) is 1.11. The molecular formula is C34H56O3P2Si2. The van der Waals surface area contributed by atoms with Gasteiger partial charge in [-0.1, -0.05) is 77.3 Å². The number of benzene rings is 1. The van der Waals surface area contributed by atoms with E-state index in [0.29, 0.717) is 5.16 Å². The highest BCUT2D eigenvalue weighted by Gasteiger charge is 2.79. The van der Waals surface area contributed by atoms with Crippen LogP contribution in [0, 0.1) is 23.7 Å². The van der Waals surface area contributed by atoms with Crippen LogP contribution in [-0.2, 0) is 19.4 Å². The Balaban J connectivity index is 1.47. The Morgan fingerprint density at radius 2 is 1.29 bits per heavy atom. The van der Waals surface area contributed by atoms with Gasteiger partial charge in [-0.2, -0.15) is 0 Å². The summed E-state index contributed by atoms with van der Waals surface area (Å²) in [6.45, 7) is 26.8. The number of hydrogen-bond acceptors (Lipinski definition) is 3. The maximum atomic E-state index is 7.18. The highest BCUT2D eigenvalue weighted by atomic mass is 31.1. The molecule has 1 aromatic carbocycles. The molecule has 7 heteroatoms. The second kappa shape index (κ2) is 8.60. The molecule has 9 rings (SSSR count). The van der Waals surface area contributed by atoms with E-state index in [0.717, 1.165) is 32.8 Å². The molecule has 1 aromatic rings. The van der Waals surface area contributed by atoms with Gasteiger partial charge in [0.05, 0.1) is 32.5 Å². The molecule has 8 unspecified atom stereocenters. The lowest BCUT2D eigenvalue weighted by Crippen LogP contribution is -2.85. The molecule has 3 nitrogen and oxygen atoms in total. The van der Waals surface area contributed by atoms with Gasteiger partial charge in [0, 0.05) is 12.3 Å². The van der Waals surface area contributed by atoms with Crippen molar-refractivity contribution in [2.24, 2.45) is 23.7 Å². The zero-order valence-corrected chi connectivity index (χ0v) is 31.9. The number of rotatable bonds is 5. The van der Waals surface area contributed by atoms with Crippen LogP contribution in [0.4, 0.5) is 0 Å². The summed E-state index contributed by atoms with van der Waals surface area (Å²) >= 11 is 0. The SMILES string of the molecule is CC1C2(C)OC3(C)CC(C)(O2)C(P)(c2cc([Si](C)(C)C)c([Si](C)(C)C)cc2PC24CC5CC(CC(C5)C2)C4)C1(C)O3. The molecule has 41 heavy (non-hydrogen) atoms. The minimum Gasteiger partial charge on any atom is -0.342 e. The average molecular weight is 631 g/mol. The van der Waals surface area contributed by atoms with Crippen LogP contribution < -0.4 is 15.7 Å². The van der Waals surface area contributed by atoms with E-state index in [2.05, 4.69) is 95.3 Å². The minimum atomic E-state index is -1.64. The fourth-order valence-corrected chi connectivity index (χ4v) is 19.9. The number of ether oxygens (including phenoxy) is 3. The van der Waals surface area contributed by atoms with Gasteiger partial charge in [-0.25, -0.2) is 0 Å². The van der Waals surface area contributed by atoms with Crippen molar-refractivity contribution in [3.05, 3.63) is 17.7 Å². The summed E-state index contributed by atoms with van der Waals surface area (Å²) in [6.07, 6.45) is 9.64. The lowest BCUT2D eigenvalue weighted by molar-refractivity contribution is -0.542. The zero-order chi connectivity index (χ0) is 29.8. The maximum Gasteiger partial charge on any atom is 0.175 e. The Labute approximate surface area is 256 Å². The molecule has 0 aromatic heterocycles. The summed E-state index contributed by atoms with van der Waals surface area (Å²) in [5.74, 6) is 1.75. The lowest BCUT2D eigenvalue weighted by atomic mass is 9.56. The maximum absolute atomic E-state index is 7.18. The van der Waals surface area contributed by atoms with E-state index in [1.165, 1.54) is 44.1 Å². The fraction of sp³-hybridized carbons (Fsp3) is 0.824. The molecule has 228 valence electrons. The highest BCUT2D eigenvalue weighted by molar-refractivity contribution is 7.49. The van der Waals surface area contributed by atoms with Crippen molar-refractivity contribution in [2.75, 3.05) is 0 Å². The van der Waals surface area contributed by atoms with Gasteiger partial charge in [0.2, 0.25) is 0 Å². The first-order valence-electron chi connectivity index (χ1n) is 16.5. The van der Waals surface area contributed by atoms with Crippen molar-refractivity contribution < 1.29 is 14.2 Å². The van der Waals surface area contributed by atoms with Gasteiger partial charge < -0.3 is 14.2 Å². The second-order valence-corrected chi connectivity index (χ2v) is 31.1. The Bertz CT molecular complexity index is 1270. The Hall–Kier alpha value is 0.394. The van der Waals surface area contributed by atoms with Crippen molar-refractivity contribution in [3.8, 4) is 0 Å². The van der Waals surface area contributed by atoms with E-state index in [1.807, 2.05) is 0 Å². The predicted molar refractivity (Wildman–Crippen MR) is 183 cm³/mol. The molecule has 4 saturated carbocycles. The van der Waals surface area contributed by atoms with E-state index in [-0.39, 0.29) is 11.1 Å². The first-order valence-corrected chi connectivity index (χ1v) is 25.1. The Morgan fingerprint density at radius 3 is 1.80 bits per heavy atom. The first kappa shape index (κ1) is 30.1. The highest BCUT2D eigenvalue weighted by Crippen LogP contribution is 2.72. The largest absolute Gasteiger partial charge is 0.342 e. The molecule has 0 N–H and O–H groups in total. The third-order valence-corrected chi connectivity index (χ3v) is 20.4. The van der Waals surface area contributed by atoms with E-state index >= 15 is 0 Å². The van der Waals surface area contributed by atoms with Crippen molar-refractivity contribution in [1.29, 1.82) is 0 Å². The Morgan fingerprint density at radius 1 is 0.780 bits per heavy atom. The van der Waals surface area contributed by atoms with Gasteiger partial charge in [-0.3, -0.25) is 0 Å². The van der Waals surface area contributed by atoms with E-state index in [4.69, 9.17) is 14.2 Å². The predicted octanol–water partition coefficient (Wildman–Crippen LogP) is 7.19. The molecule has 8 aliphatic rings. The molecule has 0 spiro atoms. The molecule has 8 atom stereocenters. The van der Waals surface area contributed by atoms with Crippen LogP contribution in [0.2, 0.25) is 39.3 Å². The van der Waals surface area contributed by atoms with Gasteiger partial charge in [0.25, 0.3) is 0 Å². The lowest BCUT2D eigenvalue weighted by Gasteiger charge is -2.76. The van der Waals surface area contributed by atoms with Gasteiger partial charge in [0.1, 0.15) is 0 Å². The topological polar surface area (TPSA) is 27.7 Å². The van der Waals surface area contributed by atoms with Gasteiger partial charge in [0.15, 0.2) is 11.6 Å². The summed E-state index contributed by atoms with van der Waals surface area (Å²) in [4.78, 5) is 0. The van der Waals surface area contributed by atoms with Crippen molar-refractivity contribution >= 4 is 49.6 Å². The molecule has 4 aliphatic carbocycles. The monoisotopic (exact) mass is 630 g/mol. The molecular weight excluding hydrogens is 574 g/mol. The number of hydrogen-bond donors (Lipinski definition) is 0. The first-order chi connectivity index (χ1) is 18.6. The van der Waals surface area contributed by atoms with Crippen molar-refractivity contribution in [1.82, 2.24) is 0 Å². The quantitative estimate of drug-likeness (QED) is 0.255. The van der Waals surface area contributed by atoms with Gasteiger partial charge in [-0.05, 0) is 100.0 Å². The van der Waals surface area contributed by atoms with E-state index in [9.17, 15) is 0 Å². The third-order valence-electron chi connectivity index (χ3n) is 12.8. The van der Waals surface area contributed by atoms with Crippen LogP contribution in [0.1, 0.15) is 85.1 Å². The third kappa shape index (κ3) is 4.11. The molecule has 0 radical (unpaired) electrons. The molecule has 4 saturated heterocycles. The van der Waals surface area contributed by atoms with E-state index in [1.54, 1.807) is 15.7 Å². The minimum absolute atomic E-state index is 0.0941. The van der Waals surface area contributed by atoms with Crippen LogP contribution in [0.15, 0.2) is 12.1 Å². The van der Waals surface area contributed by atoms with Crippen molar-refractivity contribution in [2.45, 2.75) is 152 Å². The smallest absolute Gasteiger partial charge is 0.175 e. The van der Waals surface area contributed by atoms with Crippen LogP contribution in [0.5, 0.6) is 0 Å².